The normalized spacial score (nSPS) is 28.8. The van der Waals surface area contributed by atoms with Crippen molar-refractivity contribution >= 4 is 41.5 Å². The molecule has 0 spiro atoms. The number of nitrogens with one attached hydrogen (secondary N) is 1. The molecule has 0 saturated carbocycles. The highest BCUT2D eigenvalue weighted by molar-refractivity contribution is 8.03. The first-order valence-electron chi connectivity index (χ1n) is 9.22. The lowest BCUT2D eigenvalue weighted by Gasteiger charge is -2.44. The third kappa shape index (κ3) is 3.81. The molecule has 3 aliphatic heterocycles. The van der Waals surface area contributed by atoms with Crippen LogP contribution in [0.4, 0.5) is 4.79 Å². The number of carboxylic acids is 1. The maximum atomic E-state index is 12.2. The molecule has 164 valence electrons. The van der Waals surface area contributed by atoms with E-state index in [1.54, 1.807) is 0 Å². The van der Waals surface area contributed by atoms with Gasteiger partial charge < -0.3 is 36.2 Å². The molecular weight excluding hydrogens is 418 g/mol. The van der Waals surface area contributed by atoms with Crippen LogP contribution >= 0.6 is 11.8 Å². The van der Waals surface area contributed by atoms with E-state index in [0.29, 0.717) is 4.91 Å². The van der Waals surface area contributed by atoms with Crippen LogP contribution in [0.25, 0.3) is 0 Å². The van der Waals surface area contributed by atoms with Gasteiger partial charge in [-0.05, 0) is 6.92 Å². The van der Waals surface area contributed by atoms with Crippen LogP contribution in [0, 0.1) is 11.3 Å². The molecule has 13 heteroatoms. The zero-order valence-corrected chi connectivity index (χ0v) is 16.9. The first-order chi connectivity index (χ1) is 14.0. The van der Waals surface area contributed by atoms with Gasteiger partial charge in [-0.15, -0.1) is 11.8 Å². The average Bonchev–Trinajstić information content (AvgIpc) is 3.18. The van der Waals surface area contributed by atoms with Gasteiger partial charge in [-0.25, -0.2) is 9.59 Å². The van der Waals surface area contributed by atoms with E-state index < -0.39 is 54.1 Å². The third-order valence-electron chi connectivity index (χ3n) is 5.49. The van der Waals surface area contributed by atoms with Gasteiger partial charge in [-0.3, -0.25) is 15.0 Å². The van der Waals surface area contributed by atoms with Crippen molar-refractivity contribution in [2.45, 2.75) is 44.1 Å². The number of ether oxygens (including phenoxy) is 1. The number of primary amides is 2. The van der Waals surface area contributed by atoms with E-state index in [0.717, 1.165) is 11.8 Å². The molecule has 0 radical (unpaired) electrons. The molecule has 3 rings (SSSR count). The van der Waals surface area contributed by atoms with E-state index >= 15 is 0 Å². The number of aliphatic hydroxyl groups is 1. The minimum absolute atomic E-state index is 0.00394. The Morgan fingerprint density at radius 3 is 2.57 bits per heavy atom. The summed E-state index contributed by atoms with van der Waals surface area (Å²) in [7, 11) is 0. The van der Waals surface area contributed by atoms with Gasteiger partial charge in [0.15, 0.2) is 0 Å². The fourth-order valence-corrected chi connectivity index (χ4v) is 5.30. The summed E-state index contributed by atoms with van der Waals surface area (Å²) in [6, 6.07) is -1.26. The molecule has 30 heavy (non-hydrogen) atoms. The maximum absolute atomic E-state index is 12.2. The summed E-state index contributed by atoms with van der Waals surface area (Å²) in [6.45, 7) is 1.56. The van der Waals surface area contributed by atoms with Gasteiger partial charge in [-0.1, -0.05) is 0 Å². The predicted molar refractivity (Wildman–Crippen MR) is 104 cm³/mol. The van der Waals surface area contributed by atoms with Crippen molar-refractivity contribution in [2.75, 3.05) is 12.3 Å². The van der Waals surface area contributed by atoms with Crippen LogP contribution in [0.1, 0.15) is 19.8 Å². The van der Waals surface area contributed by atoms with Gasteiger partial charge in [0.05, 0.1) is 30.4 Å². The fraction of sp³-hybridized carbons (Fsp3) is 0.588. The minimum atomic E-state index is -1.25. The Morgan fingerprint density at radius 1 is 1.37 bits per heavy atom. The van der Waals surface area contributed by atoms with Crippen molar-refractivity contribution in [1.29, 1.82) is 5.41 Å². The first kappa shape index (κ1) is 21.9. The van der Waals surface area contributed by atoms with Crippen LogP contribution in [0.5, 0.6) is 0 Å². The number of hydrogen-bond acceptors (Lipinski definition) is 8. The third-order valence-corrected chi connectivity index (χ3v) is 6.62. The number of fused-ring (bicyclic) bond motifs is 1. The Morgan fingerprint density at radius 2 is 2.03 bits per heavy atom. The van der Waals surface area contributed by atoms with E-state index in [1.807, 2.05) is 0 Å². The molecule has 3 heterocycles. The summed E-state index contributed by atoms with van der Waals surface area (Å²) in [4.78, 5) is 49.7. The van der Waals surface area contributed by atoms with Gasteiger partial charge >= 0.3 is 12.1 Å². The van der Waals surface area contributed by atoms with Gasteiger partial charge in [0, 0.05) is 17.7 Å². The van der Waals surface area contributed by atoms with Crippen LogP contribution < -0.4 is 11.5 Å². The minimum Gasteiger partial charge on any atom is -0.477 e. The van der Waals surface area contributed by atoms with Crippen LogP contribution in [-0.2, 0) is 19.1 Å². The van der Waals surface area contributed by atoms with Crippen molar-refractivity contribution in [3.63, 3.8) is 0 Å². The van der Waals surface area contributed by atoms with E-state index in [9.17, 15) is 29.4 Å². The number of likely N-dealkylation sites (tertiary alicyclic amines) is 1. The molecule has 0 unspecified atom stereocenters. The first-order valence-corrected chi connectivity index (χ1v) is 10.2. The number of hydrogen-bond donors (Lipinski definition) is 5. The summed E-state index contributed by atoms with van der Waals surface area (Å²) in [5, 5.41) is 27.6. The van der Waals surface area contributed by atoms with Crippen molar-refractivity contribution in [1.82, 2.24) is 9.80 Å². The lowest BCUT2D eigenvalue weighted by molar-refractivity contribution is -0.161. The molecular formula is C17H23N5O7S. The second-order valence-electron chi connectivity index (χ2n) is 7.42. The Hall–Kier alpha value is -2.80. The Balaban J connectivity index is 1.69. The lowest BCUT2D eigenvalue weighted by Crippen LogP contribution is -2.61. The highest BCUT2D eigenvalue weighted by atomic mass is 32.2. The second-order valence-corrected chi connectivity index (χ2v) is 8.49. The molecule has 2 fully saturated rings. The zero-order valence-electron chi connectivity index (χ0n) is 16.1. The van der Waals surface area contributed by atoms with E-state index in [4.69, 9.17) is 21.6 Å². The molecule has 3 aliphatic rings. The number of nitrogens with zero attached hydrogens (tertiary/aromatic N) is 2. The summed E-state index contributed by atoms with van der Waals surface area (Å²) >= 11 is 1.08. The smallest absolute Gasteiger partial charge is 0.404 e. The number of rotatable bonds is 7. The topological polar surface area (TPSA) is 200 Å². The number of carboxylic acid groups (broad SMARTS) is 1. The SMILES string of the molecule is C[C@@H](O)[C@H]1C(=O)N2C(C(=O)O)=C(SCC(=N)N3C[C@H](OC(N)=O)C[C@H]3C(N)=O)C[C@H]12. The Bertz CT molecular complexity index is 844. The Kier molecular flexibility index (Phi) is 5.94. The molecule has 0 aromatic rings. The molecule has 0 aliphatic carbocycles. The average molecular weight is 441 g/mol. The number of amides is 3. The zero-order chi connectivity index (χ0) is 22.3. The number of aliphatic hydroxyl groups excluding tert-OH is 1. The number of carbonyl (C=O) groups is 4. The maximum Gasteiger partial charge on any atom is 0.404 e. The number of aliphatic carboxylic acids is 1. The summed E-state index contributed by atoms with van der Waals surface area (Å²) in [5.41, 5.74) is 10.3. The number of β-lactam (4-membered cyclic amide) rings is 1. The van der Waals surface area contributed by atoms with Crippen LogP contribution in [0.3, 0.4) is 0 Å². The van der Waals surface area contributed by atoms with Gasteiger partial charge in [0.1, 0.15) is 23.7 Å². The van der Waals surface area contributed by atoms with Crippen molar-refractivity contribution in [3.8, 4) is 0 Å². The molecule has 0 bridgehead atoms. The molecule has 0 aromatic heterocycles. The van der Waals surface area contributed by atoms with E-state index in [1.165, 1.54) is 16.7 Å². The largest absolute Gasteiger partial charge is 0.477 e. The number of carbonyl (C=O) groups excluding carboxylic acids is 3. The molecule has 7 N–H and O–H groups in total. The van der Waals surface area contributed by atoms with Gasteiger partial charge in [0.25, 0.3) is 0 Å². The number of thioether (sulfide) groups is 1. The monoisotopic (exact) mass is 441 g/mol. The predicted octanol–water partition coefficient (Wildman–Crippen LogP) is -1.37. The van der Waals surface area contributed by atoms with Gasteiger partial charge in [-0.2, -0.15) is 0 Å². The van der Waals surface area contributed by atoms with Crippen LogP contribution in [0.2, 0.25) is 0 Å². The summed E-state index contributed by atoms with van der Waals surface area (Å²) < 4.78 is 4.91. The summed E-state index contributed by atoms with van der Waals surface area (Å²) in [5.74, 6) is -2.99. The summed E-state index contributed by atoms with van der Waals surface area (Å²) in [6.07, 6.45) is -2.19. The second kappa shape index (κ2) is 8.14. The van der Waals surface area contributed by atoms with E-state index in [-0.39, 0.29) is 36.7 Å². The molecule has 5 atom stereocenters. The van der Waals surface area contributed by atoms with Crippen molar-refractivity contribution in [3.05, 3.63) is 10.6 Å². The highest BCUT2D eigenvalue weighted by Crippen LogP contribution is 2.47. The molecule has 0 aromatic carbocycles. The number of amidine groups is 1. The van der Waals surface area contributed by atoms with Gasteiger partial charge in [0.2, 0.25) is 11.8 Å². The Labute approximate surface area is 175 Å². The molecule has 12 nitrogen and oxygen atoms in total. The van der Waals surface area contributed by atoms with Crippen molar-refractivity contribution < 1.29 is 34.1 Å². The van der Waals surface area contributed by atoms with Crippen molar-refractivity contribution in [2.24, 2.45) is 17.4 Å². The fourth-order valence-electron chi connectivity index (χ4n) is 4.21. The van der Waals surface area contributed by atoms with Crippen LogP contribution in [-0.4, -0.2) is 86.3 Å². The van der Waals surface area contributed by atoms with Crippen LogP contribution in [0.15, 0.2) is 10.6 Å². The van der Waals surface area contributed by atoms with E-state index in [2.05, 4.69) is 0 Å². The molecule has 3 amide bonds. The highest BCUT2D eigenvalue weighted by Gasteiger charge is 2.56. The molecule has 2 saturated heterocycles. The standard InChI is InChI=1S/C17H23N5O7S/c1-6(23)12-8-3-10(13(16(26)27)22(8)15(12)25)30-5-11(18)21-4-7(29-17(20)28)2-9(21)14(19)24/h6-9,12,18,23H,2-5H2,1H3,(H2,19,24)(H2,20,28)(H,26,27)/t6-,7-,8-,9+,12-/m1/s1. The number of nitrogens with two attached hydrogens (primary N) is 2. The quantitative estimate of drug-likeness (QED) is 0.179. The lowest BCUT2D eigenvalue weighted by atomic mass is 9.83.